The number of hydrogen-bond donors (Lipinski definition) is 1. The lowest BCUT2D eigenvalue weighted by atomic mass is 10.1. The summed E-state index contributed by atoms with van der Waals surface area (Å²) in [5.41, 5.74) is 0. The van der Waals surface area contributed by atoms with E-state index in [2.05, 4.69) is 5.32 Å². The van der Waals surface area contributed by atoms with Crippen LogP contribution in [-0.4, -0.2) is 48.6 Å². The van der Waals surface area contributed by atoms with Crippen LogP contribution in [0, 0.1) is 0 Å². The van der Waals surface area contributed by atoms with E-state index in [1.807, 2.05) is 0 Å². The fourth-order valence-corrected chi connectivity index (χ4v) is 1.81. The molecule has 0 bridgehead atoms. The molecule has 1 fully saturated rings. The molecule has 1 rings (SSSR count). The summed E-state index contributed by atoms with van der Waals surface area (Å²) >= 11 is 0. The first kappa shape index (κ1) is 15.0. The number of carbonyl (C=O) groups is 3. The average Bonchev–Trinajstić information content (AvgIpc) is 2.37. The van der Waals surface area contributed by atoms with Gasteiger partial charge in [-0.2, -0.15) is 0 Å². The fraction of sp³-hybridized carbons (Fsp3) is 0.583. The summed E-state index contributed by atoms with van der Waals surface area (Å²) < 4.78 is 4.88. The summed E-state index contributed by atoms with van der Waals surface area (Å²) in [5, 5.41) is 12.8. The van der Waals surface area contributed by atoms with Crippen molar-refractivity contribution in [1.82, 2.24) is 10.2 Å². The molecule has 7 nitrogen and oxygen atoms in total. The van der Waals surface area contributed by atoms with Crippen LogP contribution in [0.15, 0.2) is 12.2 Å². The van der Waals surface area contributed by atoms with Gasteiger partial charge >= 0.3 is 6.09 Å². The molecule has 19 heavy (non-hydrogen) atoms. The molecular formula is C12H17N2O5-. The Morgan fingerprint density at radius 1 is 1.32 bits per heavy atom. The molecule has 0 aliphatic carbocycles. The number of carboxylic acids is 1. The lowest BCUT2D eigenvalue weighted by Crippen LogP contribution is -2.46. The number of carbonyl (C=O) groups excluding carboxylic acids is 3. The summed E-state index contributed by atoms with van der Waals surface area (Å²) in [6.45, 7) is 3.10. The second-order valence-corrected chi connectivity index (χ2v) is 4.12. The van der Waals surface area contributed by atoms with E-state index in [0.29, 0.717) is 38.6 Å². The summed E-state index contributed by atoms with van der Waals surface area (Å²) in [4.78, 5) is 34.5. The topological polar surface area (TPSA) is 98.8 Å². The first-order valence-electron chi connectivity index (χ1n) is 6.14. The maximum atomic E-state index is 11.4. The van der Waals surface area contributed by atoms with Gasteiger partial charge in [0.25, 0.3) is 0 Å². The quantitative estimate of drug-likeness (QED) is 0.662. The van der Waals surface area contributed by atoms with Crippen molar-refractivity contribution in [1.29, 1.82) is 0 Å². The third-order valence-electron chi connectivity index (χ3n) is 2.74. The normalized spacial score (nSPS) is 16.4. The molecule has 0 aromatic heterocycles. The zero-order chi connectivity index (χ0) is 14.3. The molecule has 0 spiro atoms. The second kappa shape index (κ2) is 7.40. The average molecular weight is 269 g/mol. The van der Waals surface area contributed by atoms with Gasteiger partial charge in [0.1, 0.15) is 0 Å². The lowest BCUT2D eigenvalue weighted by molar-refractivity contribution is -0.297. The Bertz CT molecular complexity index is 372. The number of hydrogen-bond acceptors (Lipinski definition) is 5. The predicted octanol–water partition coefficient (Wildman–Crippen LogP) is -0.970. The number of carboxylic acid groups (broad SMARTS) is 1. The van der Waals surface area contributed by atoms with E-state index in [9.17, 15) is 19.5 Å². The number of ether oxygens (including phenoxy) is 1. The van der Waals surface area contributed by atoms with Crippen LogP contribution in [0.4, 0.5) is 4.79 Å². The van der Waals surface area contributed by atoms with E-state index in [-0.39, 0.29) is 12.1 Å². The minimum absolute atomic E-state index is 0.0652. The van der Waals surface area contributed by atoms with Crippen molar-refractivity contribution < 1.29 is 24.2 Å². The van der Waals surface area contributed by atoms with E-state index >= 15 is 0 Å². The van der Waals surface area contributed by atoms with E-state index in [0.717, 1.165) is 6.08 Å². The molecule has 1 aliphatic heterocycles. The van der Waals surface area contributed by atoms with Gasteiger partial charge < -0.3 is 24.9 Å². The lowest BCUT2D eigenvalue weighted by Gasteiger charge is -2.31. The zero-order valence-electron chi connectivity index (χ0n) is 10.8. The molecule has 7 heteroatoms. The number of amides is 2. The van der Waals surface area contributed by atoms with Gasteiger partial charge in [-0.05, 0) is 25.8 Å². The molecule has 1 heterocycles. The van der Waals surface area contributed by atoms with Gasteiger partial charge in [0.05, 0.1) is 12.6 Å². The highest BCUT2D eigenvalue weighted by molar-refractivity contribution is 5.93. The van der Waals surface area contributed by atoms with Gasteiger partial charge in [-0.1, -0.05) is 0 Å². The van der Waals surface area contributed by atoms with Crippen LogP contribution in [0.2, 0.25) is 0 Å². The minimum atomic E-state index is -1.41. The minimum Gasteiger partial charge on any atom is -0.545 e. The first-order chi connectivity index (χ1) is 9.02. The summed E-state index contributed by atoms with van der Waals surface area (Å²) in [5.74, 6) is -1.88. The van der Waals surface area contributed by atoms with E-state index in [1.165, 1.54) is 0 Å². The van der Waals surface area contributed by atoms with Gasteiger partial charge in [-0.25, -0.2) is 4.79 Å². The van der Waals surface area contributed by atoms with Gasteiger partial charge in [0.2, 0.25) is 5.91 Å². The Morgan fingerprint density at radius 2 is 1.95 bits per heavy atom. The number of nitrogens with zero attached hydrogens (tertiary/aromatic N) is 1. The van der Waals surface area contributed by atoms with Crippen LogP contribution in [0.25, 0.3) is 0 Å². The van der Waals surface area contributed by atoms with Crippen molar-refractivity contribution in [3.05, 3.63) is 12.2 Å². The van der Waals surface area contributed by atoms with E-state index < -0.39 is 11.9 Å². The van der Waals surface area contributed by atoms with Crippen LogP contribution < -0.4 is 10.4 Å². The number of nitrogens with one attached hydrogen (secondary N) is 1. The molecule has 2 amide bonds. The van der Waals surface area contributed by atoms with Crippen molar-refractivity contribution in [3.8, 4) is 0 Å². The van der Waals surface area contributed by atoms with Gasteiger partial charge in [0.15, 0.2) is 0 Å². The molecule has 0 aromatic carbocycles. The molecule has 0 aromatic rings. The molecule has 0 atom stereocenters. The van der Waals surface area contributed by atoms with Crippen LogP contribution in [0.3, 0.4) is 0 Å². The van der Waals surface area contributed by atoms with Gasteiger partial charge in [0, 0.05) is 25.2 Å². The molecule has 1 N–H and O–H groups in total. The Labute approximate surface area is 111 Å². The van der Waals surface area contributed by atoms with Crippen molar-refractivity contribution in [2.24, 2.45) is 0 Å². The molecule has 1 aliphatic rings. The first-order valence-corrected chi connectivity index (χ1v) is 6.14. The zero-order valence-corrected chi connectivity index (χ0v) is 10.8. The monoisotopic (exact) mass is 269 g/mol. The predicted molar refractivity (Wildman–Crippen MR) is 63.9 cm³/mol. The third-order valence-corrected chi connectivity index (χ3v) is 2.74. The van der Waals surface area contributed by atoms with E-state index in [4.69, 9.17) is 4.74 Å². The highest BCUT2D eigenvalue weighted by Crippen LogP contribution is 2.11. The van der Waals surface area contributed by atoms with Crippen LogP contribution in [0.5, 0.6) is 0 Å². The third kappa shape index (κ3) is 5.41. The number of likely N-dealkylation sites (tertiary alicyclic amines) is 1. The SMILES string of the molecule is CCOC(=O)N1CCC(NC(=O)C=CC(=O)[O-])CC1. The number of piperidine rings is 1. The van der Waals surface area contributed by atoms with Gasteiger partial charge in [-0.15, -0.1) is 0 Å². The Morgan fingerprint density at radius 3 is 2.47 bits per heavy atom. The largest absolute Gasteiger partial charge is 0.545 e. The Balaban J connectivity index is 2.32. The van der Waals surface area contributed by atoms with Gasteiger partial charge in [-0.3, -0.25) is 4.79 Å². The molecule has 0 saturated carbocycles. The van der Waals surface area contributed by atoms with Crippen LogP contribution in [0.1, 0.15) is 19.8 Å². The van der Waals surface area contributed by atoms with Crippen molar-refractivity contribution in [2.75, 3.05) is 19.7 Å². The number of rotatable bonds is 4. The molecule has 0 radical (unpaired) electrons. The molecule has 0 unspecified atom stereocenters. The van der Waals surface area contributed by atoms with Crippen molar-refractivity contribution in [2.45, 2.75) is 25.8 Å². The van der Waals surface area contributed by atoms with Crippen LogP contribution in [-0.2, 0) is 14.3 Å². The standard InChI is InChI=1S/C12H18N2O5/c1-2-19-12(18)14-7-5-9(6-8-14)13-10(15)3-4-11(16)17/h3-4,9H,2,5-8H2,1H3,(H,13,15)(H,16,17)/p-1. The van der Waals surface area contributed by atoms with E-state index in [1.54, 1.807) is 11.8 Å². The molecular weight excluding hydrogens is 252 g/mol. The summed E-state index contributed by atoms with van der Waals surface area (Å²) in [7, 11) is 0. The Kier molecular flexibility index (Phi) is 5.84. The maximum Gasteiger partial charge on any atom is 0.409 e. The Hall–Kier alpha value is -2.05. The summed E-state index contributed by atoms with van der Waals surface area (Å²) in [6, 6.07) is -0.0652. The smallest absolute Gasteiger partial charge is 0.409 e. The summed E-state index contributed by atoms with van der Waals surface area (Å²) in [6.07, 6.45) is 2.49. The van der Waals surface area contributed by atoms with Crippen LogP contribution >= 0.6 is 0 Å². The molecule has 106 valence electrons. The maximum absolute atomic E-state index is 11.4. The number of aliphatic carboxylic acids is 1. The highest BCUT2D eigenvalue weighted by atomic mass is 16.6. The fourth-order valence-electron chi connectivity index (χ4n) is 1.81. The van der Waals surface area contributed by atoms with Crippen molar-refractivity contribution in [3.63, 3.8) is 0 Å². The highest BCUT2D eigenvalue weighted by Gasteiger charge is 2.23. The second-order valence-electron chi connectivity index (χ2n) is 4.12. The molecule has 1 saturated heterocycles. The van der Waals surface area contributed by atoms with Crippen molar-refractivity contribution >= 4 is 18.0 Å².